The van der Waals surface area contributed by atoms with Crippen LogP contribution in [0.4, 0.5) is 17.1 Å². The number of phenolic OH excluding ortho intramolecular Hbond substituents is 1. The fraction of sp³-hybridized carbons (Fsp3) is 0.250. The van der Waals surface area contributed by atoms with Gasteiger partial charge in [-0.3, -0.25) is 39.6 Å². The number of ether oxygens (including phenoxy) is 2. The Hall–Kier alpha value is -5.92. The summed E-state index contributed by atoms with van der Waals surface area (Å²) in [5.41, 5.74) is 3.20. The topological polar surface area (TPSA) is 169 Å². The molecule has 2 aliphatic heterocycles. The molecule has 6 atom stereocenters. The van der Waals surface area contributed by atoms with Crippen molar-refractivity contribution in [2.24, 2.45) is 23.7 Å². The summed E-state index contributed by atoms with van der Waals surface area (Å²) in [5, 5.41) is 23.4. The van der Waals surface area contributed by atoms with Crippen molar-refractivity contribution in [2.75, 3.05) is 24.5 Å². The highest BCUT2D eigenvalue weighted by molar-refractivity contribution is 6.36. The number of fused-ring (bicyclic) bond motifs is 4. The molecule has 3 fully saturated rings. The van der Waals surface area contributed by atoms with Crippen LogP contribution in [0.25, 0.3) is 0 Å². The summed E-state index contributed by atoms with van der Waals surface area (Å²) >= 11 is 12.7. The van der Waals surface area contributed by atoms with Gasteiger partial charge in [-0.15, -0.1) is 0 Å². The Labute approximate surface area is 324 Å². The van der Waals surface area contributed by atoms with Gasteiger partial charge < -0.3 is 14.6 Å². The van der Waals surface area contributed by atoms with Gasteiger partial charge in [0, 0.05) is 34.7 Å². The number of anilines is 2. The van der Waals surface area contributed by atoms with E-state index in [2.05, 4.69) is 5.43 Å². The van der Waals surface area contributed by atoms with E-state index in [1.807, 2.05) is 6.08 Å². The first-order valence-electron chi connectivity index (χ1n) is 17.3. The van der Waals surface area contributed by atoms with Gasteiger partial charge in [0.1, 0.15) is 17.2 Å². The maximum Gasteiger partial charge on any atom is 0.269 e. The number of benzene rings is 4. The van der Waals surface area contributed by atoms with Gasteiger partial charge in [-0.2, -0.15) is 5.01 Å². The summed E-state index contributed by atoms with van der Waals surface area (Å²) in [6, 6.07) is 21.2. The number of carbonyl (C=O) groups is 4. The number of nitrogens with zero attached hydrogens (tertiary/aromatic N) is 3. The summed E-state index contributed by atoms with van der Waals surface area (Å²) in [5.74, 6) is -5.92. The first-order chi connectivity index (χ1) is 26.4. The second-order valence-electron chi connectivity index (χ2n) is 13.9. The number of non-ortho nitro benzene ring substituents is 1. The van der Waals surface area contributed by atoms with E-state index in [0.717, 1.165) is 9.91 Å². The number of nitrogens with one attached hydrogen (secondary N) is 1. The van der Waals surface area contributed by atoms with Crippen LogP contribution in [0.15, 0.2) is 96.6 Å². The first-order valence-corrected chi connectivity index (χ1v) is 18.1. The quantitative estimate of drug-likeness (QED) is 0.0838. The molecule has 2 N–H and O–H groups in total. The number of hydrogen-bond acceptors (Lipinski definition) is 10. The number of allylic oxidation sites excluding steroid dienone is 2. The van der Waals surface area contributed by atoms with Crippen LogP contribution in [0.5, 0.6) is 17.2 Å². The van der Waals surface area contributed by atoms with Gasteiger partial charge >= 0.3 is 0 Å². The summed E-state index contributed by atoms with van der Waals surface area (Å²) in [6.45, 7) is 0. The maximum atomic E-state index is 15.4. The second-order valence-corrected chi connectivity index (χ2v) is 14.8. The van der Waals surface area contributed by atoms with E-state index < -0.39 is 63.6 Å². The highest BCUT2D eigenvalue weighted by Gasteiger charge is 2.70. The fourth-order valence-electron chi connectivity index (χ4n) is 9.10. The van der Waals surface area contributed by atoms with Crippen LogP contribution in [0.2, 0.25) is 10.0 Å². The Morgan fingerprint density at radius 2 is 1.60 bits per heavy atom. The van der Waals surface area contributed by atoms with Crippen LogP contribution in [0.1, 0.15) is 29.9 Å². The summed E-state index contributed by atoms with van der Waals surface area (Å²) in [6.07, 6.45) is 2.05. The van der Waals surface area contributed by atoms with E-state index in [-0.39, 0.29) is 46.4 Å². The average molecular weight is 784 g/mol. The predicted molar refractivity (Wildman–Crippen MR) is 201 cm³/mol. The number of amides is 4. The van der Waals surface area contributed by atoms with Crippen LogP contribution in [-0.4, -0.2) is 52.9 Å². The van der Waals surface area contributed by atoms with Gasteiger partial charge in [0.05, 0.1) is 58.7 Å². The van der Waals surface area contributed by atoms with E-state index in [1.165, 1.54) is 56.7 Å². The largest absolute Gasteiger partial charge is 0.508 e. The zero-order valence-electron chi connectivity index (χ0n) is 29.3. The molecular formula is C40H32Cl2N4O9. The van der Waals surface area contributed by atoms with Crippen molar-refractivity contribution < 1.29 is 38.7 Å². The number of imide groups is 2. The molecule has 4 aliphatic rings. The SMILES string of the molecule is COc1ccc(C23C(=O)N(Nc4ccc(Cl)cc4Cl)C(=O)C2CC2C(=CCC4C(=O)N(c5ccc([N+](=O)[O-])cc5)C(=O)C42)C3c2ccc(O)cc2OC)cc1. The third-order valence-corrected chi connectivity index (χ3v) is 12.0. The molecule has 2 aliphatic carbocycles. The highest BCUT2D eigenvalue weighted by Crippen LogP contribution is 2.65. The number of carbonyl (C=O) groups excluding carboxylic acids is 4. The second kappa shape index (κ2) is 13.4. The Kier molecular flexibility index (Phi) is 8.81. The van der Waals surface area contributed by atoms with E-state index in [9.17, 15) is 29.6 Å². The van der Waals surface area contributed by atoms with Gasteiger partial charge in [-0.05, 0) is 72.9 Å². The van der Waals surface area contributed by atoms with Crippen molar-refractivity contribution in [2.45, 2.75) is 24.2 Å². The van der Waals surface area contributed by atoms with Crippen molar-refractivity contribution in [3.05, 3.63) is 128 Å². The van der Waals surface area contributed by atoms with Gasteiger partial charge in [-0.25, -0.2) is 0 Å². The average Bonchev–Trinajstić information content (AvgIpc) is 3.56. The molecule has 1 saturated carbocycles. The van der Waals surface area contributed by atoms with Gasteiger partial charge in [0.15, 0.2) is 0 Å². The van der Waals surface area contributed by atoms with Crippen molar-refractivity contribution in [1.82, 2.24) is 5.01 Å². The normalized spacial score (nSPS) is 25.6. The lowest BCUT2D eigenvalue weighted by molar-refractivity contribution is -0.384. The highest BCUT2D eigenvalue weighted by atomic mass is 35.5. The van der Waals surface area contributed by atoms with Crippen LogP contribution < -0.4 is 19.8 Å². The van der Waals surface area contributed by atoms with Gasteiger partial charge in [0.25, 0.3) is 17.5 Å². The van der Waals surface area contributed by atoms with E-state index >= 15 is 4.79 Å². The monoisotopic (exact) mass is 782 g/mol. The molecule has 4 aromatic carbocycles. The third-order valence-electron chi connectivity index (χ3n) is 11.4. The lowest BCUT2D eigenvalue weighted by Crippen LogP contribution is -2.53. The number of hydrogen-bond donors (Lipinski definition) is 2. The van der Waals surface area contributed by atoms with Crippen molar-refractivity contribution in [3.8, 4) is 17.2 Å². The lowest BCUT2D eigenvalue weighted by atomic mass is 9.49. The number of methoxy groups -OCH3 is 2. The molecule has 2 heterocycles. The number of rotatable bonds is 8. The molecule has 0 bridgehead atoms. The number of halogens is 2. The Morgan fingerprint density at radius 1 is 0.873 bits per heavy atom. The first kappa shape index (κ1) is 36.1. The molecule has 15 heteroatoms. The molecule has 8 rings (SSSR count). The maximum absolute atomic E-state index is 15.4. The number of nitro benzene ring substituents is 1. The predicted octanol–water partition coefficient (Wildman–Crippen LogP) is 6.81. The zero-order chi connectivity index (χ0) is 38.9. The third kappa shape index (κ3) is 5.43. The van der Waals surface area contributed by atoms with E-state index in [1.54, 1.807) is 42.5 Å². The summed E-state index contributed by atoms with van der Waals surface area (Å²) < 4.78 is 11.3. The van der Waals surface area contributed by atoms with Crippen LogP contribution in [0, 0.1) is 33.8 Å². The standard InChI is InChI=1S/C40H32Cl2N4O9/c1-54-25-11-3-20(4-12-25)40-30(37(49)45(39(40)51)43-32-16-5-21(41)17-31(32)42)19-29-26(35(40)27-13-10-24(47)18-33(27)55-2)14-15-28-34(29)38(50)44(36(28)48)22-6-8-23(9-7-22)46(52)53/h3-14,16-18,28-30,34-35,43,47H,15,19H2,1-2H3. The van der Waals surface area contributed by atoms with Crippen molar-refractivity contribution in [3.63, 3.8) is 0 Å². The van der Waals surface area contributed by atoms with Gasteiger partial charge in [0.2, 0.25) is 11.8 Å². The Bertz CT molecular complexity index is 2330. The van der Waals surface area contributed by atoms with Crippen molar-refractivity contribution >= 4 is 63.9 Å². The molecule has 55 heavy (non-hydrogen) atoms. The minimum atomic E-state index is -1.64. The Morgan fingerprint density at radius 3 is 2.25 bits per heavy atom. The van der Waals surface area contributed by atoms with Crippen LogP contribution >= 0.6 is 23.2 Å². The molecule has 280 valence electrons. The molecule has 2 saturated heterocycles. The molecular weight excluding hydrogens is 751 g/mol. The van der Waals surface area contributed by atoms with Crippen LogP contribution in [-0.2, 0) is 24.6 Å². The van der Waals surface area contributed by atoms with E-state index in [0.29, 0.717) is 27.5 Å². The lowest BCUT2D eigenvalue weighted by Gasteiger charge is -2.50. The number of phenols is 1. The molecule has 0 aromatic heterocycles. The molecule has 0 radical (unpaired) electrons. The molecule has 13 nitrogen and oxygen atoms in total. The summed E-state index contributed by atoms with van der Waals surface area (Å²) in [4.78, 5) is 70.8. The molecule has 4 amide bonds. The molecule has 4 aromatic rings. The molecule has 6 unspecified atom stereocenters. The van der Waals surface area contributed by atoms with Crippen molar-refractivity contribution in [1.29, 1.82) is 0 Å². The number of hydrazine groups is 1. The number of nitro groups is 1. The fourth-order valence-corrected chi connectivity index (χ4v) is 9.55. The smallest absolute Gasteiger partial charge is 0.269 e. The summed E-state index contributed by atoms with van der Waals surface area (Å²) in [7, 11) is 2.95. The minimum Gasteiger partial charge on any atom is -0.508 e. The van der Waals surface area contributed by atoms with Crippen LogP contribution in [0.3, 0.4) is 0 Å². The number of aromatic hydroxyl groups is 1. The van der Waals surface area contributed by atoms with Gasteiger partial charge in [-0.1, -0.05) is 53.1 Å². The van der Waals surface area contributed by atoms with E-state index in [4.69, 9.17) is 32.7 Å². The minimum absolute atomic E-state index is 0.0140. The zero-order valence-corrected chi connectivity index (χ0v) is 30.8. The Balaban J connectivity index is 1.33. The molecule has 0 spiro atoms.